The van der Waals surface area contributed by atoms with Gasteiger partial charge in [-0.3, -0.25) is 9.78 Å². The lowest BCUT2D eigenvalue weighted by atomic mass is 9.97. The molecule has 1 amide bonds. The minimum atomic E-state index is -0.0726. The number of amides is 1. The van der Waals surface area contributed by atoms with Crippen LogP contribution in [-0.2, 0) is 17.8 Å². The quantitative estimate of drug-likeness (QED) is 0.635. The average Bonchev–Trinajstić information content (AvgIpc) is 2.78. The number of anilines is 1. The van der Waals surface area contributed by atoms with Crippen molar-refractivity contribution < 1.29 is 9.53 Å². The van der Waals surface area contributed by atoms with Gasteiger partial charge in [0.2, 0.25) is 5.91 Å². The predicted octanol–water partition coefficient (Wildman–Crippen LogP) is 4.85. The highest BCUT2D eigenvalue weighted by Gasteiger charge is 2.25. The molecule has 1 atom stereocenters. The predicted molar refractivity (Wildman–Crippen MR) is 121 cm³/mol. The second-order valence-electron chi connectivity index (χ2n) is 7.71. The highest BCUT2D eigenvalue weighted by Crippen LogP contribution is 2.36. The fourth-order valence-corrected chi connectivity index (χ4v) is 4.26. The van der Waals surface area contributed by atoms with Gasteiger partial charge in [0.05, 0.1) is 35.0 Å². The standard InChI is InChI=1S/C24H23ClN4O2/c1-14(17-5-7-23(31-3)20(25)11-17)27-24-18-10-16(12-26)4-6-21(18)28-22-8-9-29(15(2)30)13-19(22)24/h4-7,10-11,14H,8-9,13H2,1-3H3,(H,27,28). The van der Waals surface area contributed by atoms with Gasteiger partial charge >= 0.3 is 0 Å². The number of halogens is 1. The molecule has 3 aromatic rings. The van der Waals surface area contributed by atoms with E-state index in [0.29, 0.717) is 35.8 Å². The topological polar surface area (TPSA) is 78.2 Å². The Morgan fingerprint density at radius 2 is 2.13 bits per heavy atom. The largest absolute Gasteiger partial charge is 0.495 e. The Morgan fingerprint density at radius 3 is 2.81 bits per heavy atom. The van der Waals surface area contributed by atoms with Crippen LogP contribution in [0.5, 0.6) is 5.75 Å². The summed E-state index contributed by atoms with van der Waals surface area (Å²) in [6.45, 7) is 4.78. The molecule has 1 aromatic heterocycles. The van der Waals surface area contributed by atoms with Crippen LogP contribution in [0.25, 0.3) is 10.9 Å². The highest BCUT2D eigenvalue weighted by molar-refractivity contribution is 6.32. The number of carbonyl (C=O) groups excluding carboxylic acids is 1. The van der Waals surface area contributed by atoms with E-state index in [1.807, 2.05) is 35.2 Å². The molecule has 2 heterocycles. The maximum Gasteiger partial charge on any atom is 0.219 e. The molecule has 0 saturated heterocycles. The minimum Gasteiger partial charge on any atom is -0.495 e. The second kappa shape index (κ2) is 8.44. The third-order valence-electron chi connectivity index (χ3n) is 5.75. The van der Waals surface area contributed by atoms with E-state index in [0.717, 1.165) is 33.4 Å². The molecule has 1 N–H and O–H groups in total. The van der Waals surface area contributed by atoms with Crippen molar-refractivity contribution >= 4 is 34.1 Å². The van der Waals surface area contributed by atoms with Gasteiger partial charge in [-0.15, -0.1) is 0 Å². The average molecular weight is 435 g/mol. The molecule has 1 unspecified atom stereocenters. The lowest BCUT2D eigenvalue weighted by molar-refractivity contribution is -0.129. The molecule has 158 valence electrons. The molecule has 1 aliphatic heterocycles. The molecule has 0 spiro atoms. The van der Waals surface area contributed by atoms with Gasteiger partial charge < -0.3 is 15.0 Å². The van der Waals surface area contributed by atoms with E-state index in [1.165, 1.54) is 0 Å². The Labute approximate surface area is 186 Å². The molecule has 4 rings (SSSR count). The molecule has 0 bridgehead atoms. The third kappa shape index (κ3) is 4.01. The molecule has 0 saturated carbocycles. The van der Waals surface area contributed by atoms with Crippen molar-refractivity contribution in [1.82, 2.24) is 9.88 Å². The summed E-state index contributed by atoms with van der Waals surface area (Å²) < 4.78 is 5.26. The van der Waals surface area contributed by atoms with Gasteiger partial charge in [-0.2, -0.15) is 5.26 Å². The zero-order valence-corrected chi connectivity index (χ0v) is 18.5. The van der Waals surface area contributed by atoms with Gasteiger partial charge in [-0.1, -0.05) is 17.7 Å². The van der Waals surface area contributed by atoms with Crippen LogP contribution >= 0.6 is 11.6 Å². The van der Waals surface area contributed by atoms with E-state index in [4.69, 9.17) is 21.3 Å². The van der Waals surface area contributed by atoms with E-state index in [2.05, 4.69) is 18.3 Å². The molecule has 0 aliphatic carbocycles. The van der Waals surface area contributed by atoms with Crippen molar-refractivity contribution in [3.8, 4) is 11.8 Å². The van der Waals surface area contributed by atoms with Crippen molar-refractivity contribution in [2.24, 2.45) is 0 Å². The smallest absolute Gasteiger partial charge is 0.219 e. The highest BCUT2D eigenvalue weighted by atomic mass is 35.5. The van der Waals surface area contributed by atoms with Crippen LogP contribution in [0.1, 0.15) is 42.3 Å². The van der Waals surface area contributed by atoms with Gasteiger partial charge in [-0.25, -0.2) is 0 Å². The van der Waals surface area contributed by atoms with Crippen LogP contribution in [0.4, 0.5) is 5.69 Å². The fourth-order valence-electron chi connectivity index (χ4n) is 4.00. The molecular weight excluding hydrogens is 412 g/mol. The molecule has 0 radical (unpaired) electrons. The molecule has 0 fully saturated rings. The number of pyridine rings is 1. The SMILES string of the molecule is COc1ccc(C(C)Nc2c3c(nc4ccc(C#N)cc24)CCN(C(C)=O)C3)cc1Cl. The number of fused-ring (bicyclic) bond motifs is 2. The van der Waals surface area contributed by atoms with Gasteiger partial charge in [0.25, 0.3) is 0 Å². The first-order valence-corrected chi connectivity index (χ1v) is 10.5. The zero-order chi connectivity index (χ0) is 22.1. The molecule has 1 aliphatic rings. The number of ether oxygens (including phenoxy) is 1. The fraction of sp³-hybridized carbons (Fsp3) is 0.292. The van der Waals surface area contributed by atoms with E-state index in [1.54, 1.807) is 20.1 Å². The van der Waals surface area contributed by atoms with E-state index >= 15 is 0 Å². The molecule has 31 heavy (non-hydrogen) atoms. The summed E-state index contributed by atoms with van der Waals surface area (Å²) in [7, 11) is 1.59. The zero-order valence-electron chi connectivity index (χ0n) is 17.7. The van der Waals surface area contributed by atoms with Crippen molar-refractivity contribution in [3.05, 3.63) is 63.8 Å². The Kier molecular flexibility index (Phi) is 5.71. The number of nitrogens with zero attached hydrogens (tertiary/aromatic N) is 3. The van der Waals surface area contributed by atoms with E-state index in [-0.39, 0.29) is 11.9 Å². The molecule has 7 heteroatoms. The molecular formula is C24H23ClN4O2. The van der Waals surface area contributed by atoms with Gasteiger partial charge in [0.15, 0.2) is 0 Å². The summed E-state index contributed by atoms with van der Waals surface area (Å²) in [5.41, 5.74) is 5.28. The third-order valence-corrected chi connectivity index (χ3v) is 6.05. The Hall–Kier alpha value is -3.30. The minimum absolute atomic E-state index is 0.0393. The molecule has 2 aromatic carbocycles. The maximum atomic E-state index is 12.0. The van der Waals surface area contributed by atoms with Crippen LogP contribution in [0.15, 0.2) is 36.4 Å². The van der Waals surface area contributed by atoms with Crippen molar-refractivity contribution in [1.29, 1.82) is 5.26 Å². The van der Waals surface area contributed by atoms with Gasteiger partial charge in [0.1, 0.15) is 5.75 Å². The van der Waals surface area contributed by atoms with Crippen LogP contribution in [-0.4, -0.2) is 29.4 Å². The number of hydrogen-bond donors (Lipinski definition) is 1. The van der Waals surface area contributed by atoms with Crippen LogP contribution in [0.3, 0.4) is 0 Å². The Bertz CT molecular complexity index is 1220. The summed E-state index contributed by atoms with van der Waals surface area (Å²) in [4.78, 5) is 18.7. The van der Waals surface area contributed by atoms with Gasteiger partial charge in [0, 0.05) is 49.1 Å². The van der Waals surface area contributed by atoms with E-state index in [9.17, 15) is 10.1 Å². The first-order valence-electron chi connectivity index (χ1n) is 10.1. The number of methoxy groups -OCH3 is 1. The van der Waals surface area contributed by atoms with Crippen molar-refractivity contribution in [3.63, 3.8) is 0 Å². The van der Waals surface area contributed by atoms with Gasteiger partial charge in [-0.05, 0) is 42.8 Å². The van der Waals surface area contributed by atoms with E-state index < -0.39 is 0 Å². The number of rotatable bonds is 4. The number of benzene rings is 2. The summed E-state index contributed by atoms with van der Waals surface area (Å²) >= 11 is 6.34. The Balaban J connectivity index is 1.82. The number of nitriles is 1. The van der Waals surface area contributed by atoms with Crippen molar-refractivity contribution in [2.75, 3.05) is 19.0 Å². The maximum absolute atomic E-state index is 12.0. The second-order valence-corrected chi connectivity index (χ2v) is 8.11. The first kappa shape index (κ1) is 21.0. The number of hydrogen-bond acceptors (Lipinski definition) is 5. The van der Waals surface area contributed by atoms with Crippen LogP contribution in [0, 0.1) is 11.3 Å². The summed E-state index contributed by atoms with van der Waals surface area (Å²) in [6.07, 6.45) is 0.697. The lowest BCUT2D eigenvalue weighted by Crippen LogP contribution is -2.35. The Morgan fingerprint density at radius 1 is 1.32 bits per heavy atom. The normalized spacial score (nSPS) is 14.0. The number of carbonyl (C=O) groups is 1. The summed E-state index contributed by atoms with van der Waals surface area (Å²) in [5, 5.41) is 14.4. The number of nitrogens with one attached hydrogen (secondary N) is 1. The van der Waals surface area contributed by atoms with Crippen LogP contribution in [0.2, 0.25) is 5.02 Å². The summed E-state index contributed by atoms with van der Waals surface area (Å²) in [5.74, 6) is 0.664. The van der Waals surface area contributed by atoms with Crippen molar-refractivity contribution in [2.45, 2.75) is 32.9 Å². The lowest BCUT2D eigenvalue weighted by Gasteiger charge is -2.31. The molecule has 6 nitrogen and oxygen atoms in total. The first-order chi connectivity index (χ1) is 14.9. The van der Waals surface area contributed by atoms with Crippen LogP contribution < -0.4 is 10.1 Å². The summed E-state index contributed by atoms with van der Waals surface area (Å²) in [6, 6.07) is 13.4. The number of aromatic nitrogens is 1. The monoisotopic (exact) mass is 434 g/mol.